The van der Waals surface area contributed by atoms with E-state index >= 15 is 0 Å². The molecule has 0 aromatic heterocycles. The van der Waals surface area contributed by atoms with Crippen molar-refractivity contribution in [1.82, 2.24) is 0 Å². The topological polar surface area (TPSA) is 0 Å². The summed E-state index contributed by atoms with van der Waals surface area (Å²) < 4.78 is 0. The Morgan fingerprint density at radius 1 is 0.808 bits per heavy atom. The maximum atomic E-state index is 3.90. The van der Waals surface area contributed by atoms with E-state index in [1.54, 1.807) is 21.5 Å². The van der Waals surface area contributed by atoms with Crippen molar-refractivity contribution >= 4 is 8.07 Å². The van der Waals surface area contributed by atoms with Gasteiger partial charge < -0.3 is 24.8 Å². The fraction of sp³-hybridized carbons (Fsp3) is 0.636. The van der Waals surface area contributed by atoms with Crippen molar-refractivity contribution in [1.29, 1.82) is 0 Å². The number of halogens is 2. The molecule has 0 aliphatic heterocycles. The minimum atomic E-state index is -1.71. The third-order valence-corrected chi connectivity index (χ3v) is 8.90. The van der Waals surface area contributed by atoms with Crippen LogP contribution in [0.3, 0.4) is 0 Å². The summed E-state index contributed by atoms with van der Waals surface area (Å²) in [7, 11) is -1.71. The predicted molar refractivity (Wildman–Crippen MR) is 104 cm³/mol. The van der Waals surface area contributed by atoms with Crippen LogP contribution >= 0.6 is 0 Å². The van der Waals surface area contributed by atoms with E-state index in [0.29, 0.717) is 23.7 Å². The molecule has 0 fully saturated rings. The van der Waals surface area contributed by atoms with Gasteiger partial charge in [0, 0.05) is 8.07 Å². The van der Waals surface area contributed by atoms with Gasteiger partial charge in [-0.2, -0.15) is 12.2 Å². The van der Waals surface area contributed by atoms with Gasteiger partial charge in [-0.05, 0) is 0 Å². The van der Waals surface area contributed by atoms with Gasteiger partial charge in [-0.15, -0.1) is 0 Å². The molecule has 0 aromatic rings. The average Bonchev–Trinajstić information content (AvgIpc) is 3.11. The van der Waals surface area contributed by atoms with Gasteiger partial charge in [0.1, 0.15) is 0 Å². The van der Waals surface area contributed by atoms with Crippen LogP contribution < -0.4 is 24.8 Å². The molecule has 0 spiro atoms. The minimum absolute atomic E-state index is 0. The summed E-state index contributed by atoms with van der Waals surface area (Å²) in [6, 6.07) is 0. The number of allylic oxidation sites excluding steroid dienone is 8. The summed E-state index contributed by atoms with van der Waals surface area (Å²) in [4.78, 5) is 0. The Kier molecular flexibility index (Phi) is 12.9. The molecule has 0 N–H and O–H groups in total. The molecule has 0 radical (unpaired) electrons. The van der Waals surface area contributed by atoms with E-state index in [2.05, 4.69) is 78.9 Å². The average molecular weight is 489 g/mol. The quantitative estimate of drug-likeness (QED) is 0.377. The molecule has 144 valence electrons. The fourth-order valence-corrected chi connectivity index (χ4v) is 7.23. The summed E-state index contributed by atoms with van der Waals surface area (Å²) >= 11 is 0. The Bertz CT molecular complexity index is 533. The van der Waals surface area contributed by atoms with Crippen LogP contribution in [0.15, 0.2) is 33.7 Å². The van der Waals surface area contributed by atoms with Gasteiger partial charge in [0.25, 0.3) is 0 Å². The van der Waals surface area contributed by atoms with Gasteiger partial charge in [0.2, 0.25) is 0 Å². The van der Waals surface area contributed by atoms with Crippen LogP contribution in [0.1, 0.15) is 54.4 Å². The van der Waals surface area contributed by atoms with Gasteiger partial charge in [-0.3, -0.25) is 12.2 Å². The molecule has 4 heteroatoms. The molecular weight excluding hydrogens is 454 g/mol. The van der Waals surface area contributed by atoms with E-state index in [1.807, 2.05) is 0 Å². The zero-order chi connectivity index (χ0) is 17.4. The Hall–Kier alpha value is 0.640. The van der Waals surface area contributed by atoms with E-state index in [9.17, 15) is 0 Å². The van der Waals surface area contributed by atoms with Crippen molar-refractivity contribution in [2.75, 3.05) is 0 Å². The van der Waals surface area contributed by atoms with Gasteiger partial charge in [0.15, 0.2) is 0 Å². The van der Waals surface area contributed by atoms with Gasteiger partial charge in [-0.25, -0.2) is 21.5 Å². The molecule has 0 amide bonds. The summed E-state index contributed by atoms with van der Waals surface area (Å²) in [6.45, 7) is 18.9. The molecule has 0 aromatic carbocycles. The summed E-state index contributed by atoms with van der Waals surface area (Å²) in [5.41, 5.74) is 3.11. The Labute approximate surface area is 195 Å². The second-order valence-corrected chi connectivity index (χ2v) is 12.5. The third-order valence-electron chi connectivity index (χ3n) is 5.47. The number of hydrogen-bond donors (Lipinski definition) is 0. The third kappa shape index (κ3) is 5.82. The largest absolute Gasteiger partial charge is 4.00 e. The van der Waals surface area contributed by atoms with Crippen LogP contribution in [0.5, 0.6) is 0 Å². The fourth-order valence-electron chi connectivity index (χ4n) is 3.80. The second-order valence-electron chi connectivity index (χ2n) is 8.29. The molecule has 26 heavy (non-hydrogen) atoms. The molecule has 0 saturated heterocycles. The van der Waals surface area contributed by atoms with Crippen molar-refractivity contribution in [3.05, 3.63) is 45.8 Å². The van der Waals surface area contributed by atoms with Crippen LogP contribution in [0.25, 0.3) is 0 Å². The second kappa shape index (κ2) is 11.6. The summed E-state index contributed by atoms with van der Waals surface area (Å²) in [5.74, 6) is 2.29. The van der Waals surface area contributed by atoms with E-state index in [-0.39, 0.29) is 51.0 Å². The van der Waals surface area contributed by atoms with E-state index in [1.165, 1.54) is 0 Å². The van der Waals surface area contributed by atoms with E-state index < -0.39 is 8.07 Å². The molecule has 0 saturated carbocycles. The predicted octanol–water partition coefficient (Wildman–Crippen LogP) is 0.482. The SMILES string of the molecule is CCC1=CC(C(C)C)[C-]=C1[Si](C)(C)C1=[C-]C(C(C)C)C=C1CC.[Cl-].[Cl-].[Zr+4]. The zero-order valence-corrected chi connectivity index (χ0v) is 22.6. The maximum Gasteiger partial charge on any atom is 4.00 e. The zero-order valence-electron chi connectivity index (χ0n) is 17.6. The maximum absolute atomic E-state index is 3.90. The minimum Gasteiger partial charge on any atom is -1.00 e. The molecule has 2 aliphatic rings. The first-order valence-corrected chi connectivity index (χ1v) is 12.4. The Morgan fingerprint density at radius 3 is 1.35 bits per heavy atom. The number of hydrogen-bond acceptors (Lipinski definition) is 0. The van der Waals surface area contributed by atoms with Crippen molar-refractivity contribution in [3.8, 4) is 0 Å². The molecule has 2 unspecified atom stereocenters. The first-order valence-electron chi connectivity index (χ1n) is 9.42. The van der Waals surface area contributed by atoms with E-state index in [0.717, 1.165) is 12.8 Å². The van der Waals surface area contributed by atoms with Crippen molar-refractivity contribution in [2.45, 2.75) is 67.5 Å². The summed E-state index contributed by atoms with van der Waals surface area (Å²) in [6.07, 6.45) is 15.0. The standard InChI is InChI=1S/C22H34Si.2ClH.Zr/c1-9-17-11-19(15(3)4)13-21(17)23(7,8)22-14-20(16(5)6)12-18(22)10-2;;;/h11-12,15-16,19-20H,9-10H2,1-8H3;2*1H;/q-2;;;+4/p-2. The van der Waals surface area contributed by atoms with Crippen molar-refractivity contribution < 1.29 is 51.0 Å². The van der Waals surface area contributed by atoms with Crippen molar-refractivity contribution in [3.63, 3.8) is 0 Å². The smallest absolute Gasteiger partial charge is 1.00 e. The molecule has 2 atom stereocenters. The first kappa shape index (κ1) is 28.8. The molecule has 0 heterocycles. The van der Waals surface area contributed by atoms with Gasteiger partial charge in [-0.1, -0.05) is 91.1 Å². The molecule has 0 bridgehead atoms. The number of rotatable bonds is 6. The Morgan fingerprint density at radius 2 is 1.12 bits per heavy atom. The van der Waals surface area contributed by atoms with Crippen LogP contribution in [0.4, 0.5) is 0 Å². The van der Waals surface area contributed by atoms with Crippen molar-refractivity contribution in [2.24, 2.45) is 23.7 Å². The molecule has 0 nitrogen and oxygen atoms in total. The van der Waals surface area contributed by atoms with Crippen LogP contribution in [-0.4, -0.2) is 8.07 Å². The summed E-state index contributed by atoms with van der Waals surface area (Å²) in [5, 5.41) is 3.12. The van der Waals surface area contributed by atoms with Gasteiger partial charge in [0.05, 0.1) is 0 Å². The normalized spacial score (nSPS) is 22.1. The molecule has 2 aliphatic carbocycles. The first-order chi connectivity index (χ1) is 10.7. The molecular formula is C22H34Cl2SiZr. The van der Waals surface area contributed by atoms with Gasteiger partial charge >= 0.3 is 26.2 Å². The van der Waals surface area contributed by atoms with Crippen LogP contribution in [-0.2, 0) is 26.2 Å². The van der Waals surface area contributed by atoms with Crippen LogP contribution in [0.2, 0.25) is 13.1 Å². The van der Waals surface area contributed by atoms with Crippen LogP contribution in [0, 0.1) is 35.8 Å². The van der Waals surface area contributed by atoms with E-state index in [4.69, 9.17) is 0 Å². The Balaban J connectivity index is 0. The molecule has 2 rings (SSSR count). The monoisotopic (exact) mass is 486 g/mol.